The van der Waals surface area contributed by atoms with E-state index in [-0.39, 0.29) is 0 Å². The second-order valence-corrected chi connectivity index (χ2v) is 12.0. The van der Waals surface area contributed by atoms with Gasteiger partial charge in [0.15, 0.2) is 11.6 Å². The van der Waals surface area contributed by atoms with Crippen LogP contribution in [0.5, 0.6) is 0 Å². The molecule has 42 heavy (non-hydrogen) atoms. The summed E-state index contributed by atoms with van der Waals surface area (Å²) < 4.78 is 4.88. The topological polar surface area (TPSA) is 30.7 Å². The van der Waals surface area contributed by atoms with Gasteiger partial charge in [-0.25, -0.2) is 0 Å². The van der Waals surface area contributed by atoms with Gasteiger partial charge in [-0.3, -0.25) is 4.57 Å². The first-order valence-electron chi connectivity index (χ1n) is 14.9. The van der Waals surface area contributed by atoms with Gasteiger partial charge in [0, 0.05) is 37.0 Å². The van der Waals surface area contributed by atoms with Gasteiger partial charge in [0.1, 0.15) is 0 Å². The highest BCUT2D eigenvalue weighted by Gasteiger charge is 2.18. The molecule has 206 valence electrons. The fraction of sp³-hybridized carbons (Fsp3) is 0.158. The Morgan fingerprint density at radius 1 is 0.571 bits per heavy atom. The van der Waals surface area contributed by atoms with Gasteiger partial charge in [0.2, 0.25) is 0 Å². The third-order valence-electron chi connectivity index (χ3n) is 7.94. The molecule has 0 saturated heterocycles. The predicted octanol–water partition coefficient (Wildman–Crippen LogP) is 10.5. The lowest BCUT2D eigenvalue weighted by Gasteiger charge is -2.12. The summed E-state index contributed by atoms with van der Waals surface area (Å²) in [6, 6.07) is 41.4. The largest absolute Gasteiger partial charge is 0.275 e. The van der Waals surface area contributed by atoms with Gasteiger partial charge in [-0.1, -0.05) is 106 Å². The highest BCUT2D eigenvalue weighted by atomic mass is 32.1. The summed E-state index contributed by atoms with van der Waals surface area (Å²) in [5.74, 6) is 1.67. The first kappa shape index (κ1) is 26.4. The van der Waals surface area contributed by atoms with E-state index >= 15 is 0 Å². The van der Waals surface area contributed by atoms with Crippen molar-refractivity contribution in [1.82, 2.24) is 14.8 Å². The van der Waals surface area contributed by atoms with E-state index in [2.05, 4.69) is 115 Å². The van der Waals surface area contributed by atoms with Gasteiger partial charge in [-0.2, -0.15) is 0 Å². The Morgan fingerprint density at radius 3 is 1.86 bits per heavy atom. The number of aromatic nitrogens is 3. The smallest absolute Gasteiger partial charge is 0.168 e. The molecular formula is C38H33N3S. The fourth-order valence-corrected chi connectivity index (χ4v) is 7.14. The zero-order valence-electron chi connectivity index (χ0n) is 24.0. The van der Waals surface area contributed by atoms with Crippen molar-refractivity contribution in [1.29, 1.82) is 0 Å². The number of hydrogen-bond donors (Lipinski definition) is 0. The molecule has 0 saturated carbocycles. The Kier molecular flexibility index (Phi) is 7.15. The number of benzene rings is 5. The molecule has 2 heterocycles. The van der Waals surface area contributed by atoms with Crippen molar-refractivity contribution in [3.8, 4) is 39.6 Å². The van der Waals surface area contributed by atoms with Crippen molar-refractivity contribution < 1.29 is 0 Å². The van der Waals surface area contributed by atoms with E-state index < -0.39 is 0 Å². The van der Waals surface area contributed by atoms with Crippen LogP contribution in [0.2, 0.25) is 0 Å². The van der Waals surface area contributed by atoms with Crippen LogP contribution < -0.4 is 0 Å². The SMILES string of the molecule is CCCc1ccc2sc3c(-c4ccc(-c5nnc(-c6ccccc6)n5-c5ccccc5)cc4)cc(CCC)cc3c2c1. The Hall–Kier alpha value is -4.54. The molecule has 0 aliphatic heterocycles. The lowest BCUT2D eigenvalue weighted by atomic mass is 9.96. The van der Waals surface area contributed by atoms with E-state index in [0.29, 0.717) is 0 Å². The number of fused-ring (bicyclic) bond motifs is 3. The minimum atomic E-state index is 0.835. The van der Waals surface area contributed by atoms with Crippen LogP contribution in [-0.2, 0) is 12.8 Å². The first-order valence-corrected chi connectivity index (χ1v) is 15.7. The Bertz CT molecular complexity index is 1980. The van der Waals surface area contributed by atoms with E-state index in [9.17, 15) is 0 Å². The maximum absolute atomic E-state index is 4.70. The monoisotopic (exact) mass is 563 g/mol. The molecule has 7 rings (SSSR count). The molecular weight excluding hydrogens is 531 g/mol. The van der Waals surface area contributed by atoms with Crippen LogP contribution in [0, 0.1) is 0 Å². The second kappa shape index (κ2) is 11.4. The van der Waals surface area contributed by atoms with Crippen molar-refractivity contribution in [3.63, 3.8) is 0 Å². The van der Waals surface area contributed by atoms with Crippen molar-refractivity contribution >= 4 is 31.5 Å². The predicted molar refractivity (Wildman–Crippen MR) is 179 cm³/mol. The quantitative estimate of drug-likeness (QED) is 0.184. The third-order valence-corrected chi connectivity index (χ3v) is 9.16. The average Bonchev–Trinajstić information content (AvgIpc) is 3.64. The van der Waals surface area contributed by atoms with Crippen LogP contribution in [0.3, 0.4) is 0 Å². The number of thiophene rings is 1. The number of aryl methyl sites for hydroxylation is 2. The maximum atomic E-state index is 4.70. The van der Waals surface area contributed by atoms with E-state index in [1.165, 1.54) is 42.4 Å². The minimum absolute atomic E-state index is 0.835. The zero-order valence-corrected chi connectivity index (χ0v) is 24.9. The van der Waals surface area contributed by atoms with Gasteiger partial charge in [0.05, 0.1) is 0 Å². The summed E-state index contributed by atoms with van der Waals surface area (Å²) in [6.07, 6.45) is 4.49. The maximum Gasteiger partial charge on any atom is 0.168 e. The molecule has 0 bridgehead atoms. The van der Waals surface area contributed by atoms with Crippen molar-refractivity contribution in [2.24, 2.45) is 0 Å². The van der Waals surface area contributed by atoms with E-state index in [0.717, 1.165) is 54.1 Å². The zero-order chi connectivity index (χ0) is 28.5. The highest BCUT2D eigenvalue weighted by Crippen LogP contribution is 2.42. The molecule has 5 aromatic carbocycles. The van der Waals surface area contributed by atoms with E-state index in [4.69, 9.17) is 5.10 Å². The molecule has 0 amide bonds. The molecule has 3 nitrogen and oxygen atoms in total. The van der Waals surface area contributed by atoms with Crippen LogP contribution in [0.1, 0.15) is 37.8 Å². The standard InChI is InChI=1S/C38H33N3S/c1-3-11-26-17-22-35-33(23-26)34-25-27(12-4-2)24-32(36(34)42-35)28-18-20-30(21-19-28)38-40-39-37(29-13-7-5-8-14-29)41(38)31-15-9-6-10-16-31/h5-10,13-25H,3-4,11-12H2,1-2H3. The number of nitrogens with zero attached hydrogens (tertiary/aromatic N) is 3. The van der Waals surface area contributed by atoms with Gasteiger partial charge in [-0.15, -0.1) is 21.5 Å². The van der Waals surface area contributed by atoms with Crippen LogP contribution in [0.4, 0.5) is 0 Å². The molecule has 0 spiro atoms. The minimum Gasteiger partial charge on any atom is -0.275 e. The molecule has 4 heteroatoms. The summed E-state index contributed by atoms with van der Waals surface area (Å²) in [4.78, 5) is 0. The van der Waals surface area contributed by atoms with Crippen LogP contribution >= 0.6 is 11.3 Å². The third kappa shape index (κ3) is 4.82. The molecule has 7 aromatic rings. The molecule has 0 aliphatic carbocycles. The number of rotatable bonds is 8. The average molecular weight is 564 g/mol. The molecule has 0 radical (unpaired) electrons. The normalized spacial score (nSPS) is 11.5. The van der Waals surface area contributed by atoms with Crippen molar-refractivity contribution in [3.05, 3.63) is 126 Å². The second-order valence-electron chi connectivity index (χ2n) is 10.9. The Labute approximate surface area is 251 Å². The molecule has 0 atom stereocenters. The Balaban J connectivity index is 1.35. The number of hydrogen-bond acceptors (Lipinski definition) is 3. The van der Waals surface area contributed by atoms with Crippen molar-refractivity contribution in [2.75, 3.05) is 0 Å². The summed E-state index contributed by atoms with van der Waals surface area (Å²) in [6.45, 7) is 4.51. The first-order chi connectivity index (χ1) is 20.7. The highest BCUT2D eigenvalue weighted by molar-refractivity contribution is 7.26. The molecule has 0 fully saturated rings. The van der Waals surface area contributed by atoms with Crippen molar-refractivity contribution in [2.45, 2.75) is 39.5 Å². The lowest BCUT2D eigenvalue weighted by molar-refractivity contribution is 0.923. The fourth-order valence-electron chi connectivity index (χ4n) is 5.94. The summed E-state index contributed by atoms with van der Waals surface area (Å²) in [5, 5.41) is 12.1. The summed E-state index contributed by atoms with van der Waals surface area (Å²) in [7, 11) is 0. The van der Waals surface area contributed by atoms with E-state index in [1.54, 1.807) is 0 Å². The summed E-state index contributed by atoms with van der Waals surface area (Å²) >= 11 is 1.91. The summed E-state index contributed by atoms with van der Waals surface area (Å²) in [5.41, 5.74) is 8.50. The van der Waals surface area contributed by atoms with Gasteiger partial charge >= 0.3 is 0 Å². The van der Waals surface area contributed by atoms with Crippen LogP contribution in [0.25, 0.3) is 59.8 Å². The van der Waals surface area contributed by atoms with Crippen LogP contribution in [-0.4, -0.2) is 14.8 Å². The van der Waals surface area contributed by atoms with Gasteiger partial charge in [-0.05, 0) is 71.5 Å². The lowest BCUT2D eigenvalue weighted by Crippen LogP contribution is -2.00. The molecule has 2 aromatic heterocycles. The van der Waals surface area contributed by atoms with Gasteiger partial charge < -0.3 is 0 Å². The molecule has 0 aliphatic rings. The van der Waals surface area contributed by atoms with Crippen LogP contribution in [0.15, 0.2) is 115 Å². The van der Waals surface area contributed by atoms with E-state index in [1.807, 2.05) is 35.6 Å². The Morgan fingerprint density at radius 2 is 1.17 bits per heavy atom. The molecule has 0 N–H and O–H groups in total. The molecule has 0 unspecified atom stereocenters. The number of para-hydroxylation sites is 1. The van der Waals surface area contributed by atoms with Gasteiger partial charge in [0.25, 0.3) is 0 Å².